The Bertz CT molecular complexity index is 315. The highest BCUT2D eigenvalue weighted by molar-refractivity contribution is 5.81. The van der Waals surface area contributed by atoms with Gasteiger partial charge >= 0.3 is 6.18 Å². The van der Waals surface area contributed by atoms with E-state index in [0.717, 1.165) is 25.7 Å². The summed E-state index contributed by atoms with van der Waals surface area (Å²) in [6, 6.07) is -0.662. The molecule has 0 saturated carbocycles. The van der Waals surface area contributed by atoms with E-state index in [-0.39, 0.29) is 5.91 Å². The summed E-state index contributed by atoms with van der Waals surface area (Å²) in [6.45, 7) is 2.32. The molecular formula is C13H23F3N2O2. The van der Waals surface area contributed by atoms with Crippen LogP contribution in [0, 0.1) is 0 Å². The standard InChI is InChI=1S/C13H23F3N2O2/c1-10(17(2)9-11(19)13(14,15)16)12(20)18-7-5-3-4-6-8-18/h10-11,19H,3-9H2,1-2H3. The van der Waals surface area contributed by atoms with Crippen molar-refractivity contribution in [2.24, 2.45) is 0 Å². The number of halogens is 3. The smallest absolute Gasteiger partial charge is 0.382 e. The predicted molar refractivity (Wildman–Crippen MR) is 69.2 cm³/mol. The van der Waals surface area contributed by atoms with Crippen molar-refractivity contribution in [2.75, 3.05) is 26.7 Å². The topological polar surface area (TPSA) is 43.8 Å². The van der Waals surface area contributed by atoms with Gasteiger partial charge in [-0.25, -0.2) is 0 Å². The number of amides is 1. The Kier molecular flexibility index (Phi) is 6.26. The molecule has 1 amide bonds. The lowest BCUT2D eigenvalue weighted by Crippen LogP contribution is -2.50. The molecule has 1 saturated heterocycles. The van der Waals surface area contributed by atoms with Gasteiger partial charge < -0.3 is 10.0 Å². The van der Waals surface area contributed by atoms with Gasteiger partial charge in [-0.15, -0.1) is 0 Å². The first-order chi connectivity index (χ1) is 9.23. The van der Waals surface area contributed by atoms with Crippen LogP contribution in [0.2, 0.25) is 0 Å². The largest absolute Gasteiger partial charge is 0.415 e. The van der Waals surface area contributed by atoms with E-state index in [4.69, 9.17) is 5.11 Å². The molecule has 2 atom stereocenters. The van der Waals surface area contributed by atoms with Gasteiger partial charge in [0.05, 0.1) is 6.04 Å². The number of alkyl halides is 3. The molecule has 4 nitrogen and oxygen atoms in total. The summed E-state index contributed by atoms with van der Waals surface area (Å²) in [6.07, 6.45) is -3.03. The fraction of sp³-hybridized carbons (Fsp3) is 0.923. The van der Waals surface area contributed by atoms with E-state index in [0.29, 0.717) is 13.1 Å². The molecule has 1 heterocycles. The molecule has 0 aromatic rings. The van der Waals surface area contributed by atoms with Gasteiger partial charge in [-0.3, -0.25) is 9.69 Å². The third kappa shape index (κ3) is 4.94. The van der Waals surface area contributed by atoms with Crippen molar-refractivity contribution >= 4 is 5.91 Å². The number of aliphatic hydroxyl groups excluding tert-OH is 1. The lowest BCUT2D eigenvalue weighted by molar-refractivity contribution is -0.208. The molecule has 2 unspecified atom stereocenters. The Labute approximate surface area is 117 Å². The van der Waals surface area contributed by atoms with Crippen LogP contribution in [-0.2, 0) is 4.79 Å². The highest BCUT2D eigenvalue weighted by Crippen LogP contribution is 2.21. The summed E-state index contributed by atoms with van der Waals surface area (Å²) in [5, 5.41) is 9.05. The first kappa shape index (κ1) is 17.2. The molecular weight excluding hydrogens is 273 g/mol. The number of aliphatic hydroxyl groups is 1. The minimum atomic E-state index is -4.65. The Hall–Kier alpha value is -0.820. The summed E-state index contributed by atoms with van der Waals surface area (Å²) in [5.41, 5.74) is 0. The fourth-order valence-corrected chi connectivity index (χ4v) is 2.28. The summed E-state index contributed by atoms with van der Waals surface area (Å²) >= 11 is 0. The number of likely N-dealkylation sites (N-methyl/N-ethyl adjacent to an activating group) is 1. The van der Waals surface area contributed by atoms with Crippen LogP contribution >= 0.6 is 0 Å². The minimum absolute atomic E-state index is 0.163. The Morgan fingerprint density at radius 1 is 1.25 bits per heavy atom. The molecule has 0 aliphatic carbocycles. The molecule has 0 aromatic carbocycles. The first-order valence-electron chi connectivity index (χ1n) is 6.97. The number of rotatable bonds is 4. The molecule has 0 aromatic heterocycles. The van der Waals surface area contributed by atoms with Gasteiger partial charge in [0, 0.05) is 19.6 Å². The van der Waals surface area contributed by atoms with Crippen molar-refractivity contribution in [2.45, 2.75) is 50.9 Å². The lowest BCUT2D eigenvalue weighted by atomic mass is 10.2. The van der Waals surface area contributed by atoms with E-state index in [1.54, 1.807) is 11.8 Å². The molecule has 0 bridgehead atoms. The fourth-order valence-electron chi connectivity index (χ4n) is 2.28. The van der Waals surface area contributed by atoms with Gasteiger partial charge in [0.1, 0.15) is 0 Å². The maximum Gasteiger partial charge on any atom is 0.415 e. The Balaban J connectivity index is 2.54. The zero-order valence-corrected chi connectivity index (χ0v) is 12.0. The average Bonchev–Trinajstić information content (AvgIpc) is 2.64. The molecule has 1 fully saturated rings. The van der Waals surface area contributed by atoms with Crippen LogP contribution in [0.1, 0.15) is 32.6 Å². The molecule has 20 heavy (non-hydrogen) atoms. The zero-order chi connectivity index (χ0) is 15.3. The van der Waals surface area contributed by atoms with Crippen LogP contribution in [0.4, 0.5) is 13.2 Å². The number of carbonyl (C=O) groups is 1. The van der Waals surface area contributed by atoms with Crippen LogP contribution in [0.15, 0.2) is 0 Å². The predicted octanol–water partition coefficient (Wildman–Crippen LogP) is 1.63. The number of hydrogen-bond acceptors (Lipinski definition) is 3. The van der Waals surface area contributed by atoms with E-state index in [1.165, 1.54) is 11.9 Å². The van der Waals surface area contributed by atoms with Crippen LogP contribution in [-0.4, -0.2) is 65.8 Å². The van der Waals surface area contributed by atoms with Crippen molar-refractivity contribution in [1.29, 1.82) is 0 Å². The van der Waals surface area contributed by atoms with Gasteiger partial charge in [-0.1, -0.05) is 12.8 Å². The second-order valence-electron chi connectivity index (χ2n) is 5.41. The molecule has 0 spiro atoms. The Morgan fingerprint density at radius 2 is 1.75 bits per heavy atom. The molecule has 1 N–H and O–H groups in total. The summed E-state index contributed by atoms with van der Waals surface area (Å²) in [7, 11) is 1.43. The molecule has 7 heteroatoms. The van der Waals surface area contributed by atoms with Crippen molar-refractivity contribution in [3.05, 3.63) is 0 Å². The van der Waals surface area contributed by atoms with E-state index in [1.807, 2.05) is 0 Å². The van der Waals surface area contributed by atoms with Gasteiger partial charge in [0.2, 0.25) is 5.91 Å². The maximum absolute atomic E-state index is 12.3. The highest BCUT2D eigenvalue weighted by atomic mass is 19.4. The molecule has 1 aliphatic rings. The quantitative estimate of drug-likeness (QED) is 0.857. The van der Waals surface area contributed by atoms with Crippen LogP contribution in [0.3, 0.4) is 0 Å². The summed E-state index contributed by atoms with van der Waals surface area (Å²) < 4.78 is 36.9. The summed E-state index contributed by atoms with van der Waals surface area (Å²) in [4.78, 5) is 15.2. The molecule has 1 aliphatic heterocycles. The van der Waals surface area contributed by atoms with Gasteiger partial charge in [0.25, 0.3) is 0 Å². The van der Waals surface area contributed by atoms with E-state index in [9.17, 15) is 18.0 Å². The maximum atomic E-state index is 12.3. The van der Waals surface area contributed by atoms with Crippen molar-refractivity contribution in [3.8, 4) is 0 Å². The first-order valence-corrected chi connectivity index (χ1v) is 6.97. The third-order valence-corrected chi connectivity index (χ3v) is 3.78. The van der Waals surface area contributed by atoms with Gasteiger partial charge in [0.15, 0.2) is 6.10 Å². The van der Waals surface area contributed by atoms with Crippen LogP contribution in [0.25, 0.3) is 0 Å². The lowest BCUT2D eigenvalue weighted by Gasteiger charge is -2.31. The third-order valence-electron chi connectivity index (χ3n) is 3.78. The van der Waals surface area contributed by atoms with Crippen molar-refractivity contribution in [3.63, 3.8) is 0 Å². The average molecular weight is 296 g/mol. The second kappa shape index (κ2) is 7.26. The highest BCUT2D eigenvalue weighted by Gasteiger charge is 2.40. The van der Waals surface area contributed by atoms with Crippen molar-refractivity contribution < 1.29 is 23.1 Å². The number of likely N-dealkylation sites (tertiary alicyclic amines) is 1. The SMILES string of the molecule is CC(C(=O)N1CCCCCC1)N(C)CC(O)C(F)(F)F. The zero-order valence-electron chi connectivity index (χ0n) is 12.0. The Morgan fingerprint density at radius 3 is 2.20 bits per heavy atom. The van der Waals surface area contributed by atoms with Gasteiger partial charge in [-0.05, 0) is 26.8 Å². The number of hydrogen-bond donors (Lipinski definition) is 1. The monoisotopic (exact) mass is 296 g/mol. The minimum Gasteiger partial charge on any atom is -0.382 e. The molecule has 0 radical (unpaired) electrons. The summed E-state index contributed by atoms with van der Waals surface area (Å²) in [5.74, 6) is -0.163. The molecule has 1 rings (SSSR count). The van der Waals surface area contributed by atoms with E-state index in [2.05, 4.69) is 0 Å². The van der Waals surface area contributed by atoms with Crippen LogP contribution < -0.4 is 0 Å². The van der Waals surface area contributed by atoms with Crippen LogP contribution in [0.5, 0.6) is 0 Å². The van der Waals surface area contributed by atoms with E-state index < -0.39 is 24.9 Å². The number of carbonyl (C=O) groups excluding carboxylic acids is 1. The van der Waals surface area contributed by atoms with E-state index >= 15 is 0 Å². The molecule has 118 valence electrons. The van der Waals surface area contributed by atoms with Crippen molar-refractivity contribution in [1.82, 2.24) is 9.80 Å². The second-order valence-corrected chi connectivity index (χ2v) is 5.41. The normalized spacial score (nSPS) is 20.6. The number of nitrogens with zero attached hydrogens (tertiary/aromatic N) is 2. The van der Waals surface area contributed by atoms with Gasteiger partial charge in [-0.2, -0.15) is 13.2 Å².